The second kappa shape index (κ2) is 8.01. The standard InChI is InChI=1S/C20H22N2O4/c23-18-7-3-6-17(11-18)21-19(24)10-16(20(25)26)13-22-9-8-14-4-1-2-5-15(14)12-22/h1-7,11,16,23H,8-10,12-13H2,(H,21,24)(H,25,26)/t16-/m0/s1. The average Bonchev–Trinajstić information content (AvgIpc) is 2.61. The highest BCUT2D eigenvalue weighted by molar-refractivity contribution is 5.93. The summed E-state index contributed by atoms with van der Waals surface area (Å²) in [6.45, 7) is 1.82. The van der Waals surface area contributed by atoms with Crippen LogP contribution in [-0.4, -0.2) is 40.1 Å². The average molecular weight is 354 g/mol. The van der Waals surface area contributed by atoms with E-state index >= 15 is 0 Å². The molecular formula is C20H22N2O4. The van der Waals surface area contributed by atoms with Crippen LogP contribution in [0.25, 0.3) is 0 Å². The van der Waals surface area contributed by atoms with Gasteiger partial charge in [-0.05, 0) is 29.7 Å². The van der Waals surface area contributed by atoms with E-state index in [4.69, 9.17) is 0 Å². The summed E-state index contributed by atoms with van der Waals surface area (Å²) in [7, 11) is 0. The largest absolute Gasteiger partial charge is 0.508 e. The van der Waals surface area contributed by atoms with E-state index in [1.165, 1.54) is 23.3 Å². The smallest absolute Gasteiger partial charge is 0.308 e. The van der Waals surface area contributed by atoms with Crippen molar-refractivity contribution in [3.05, 3.63) is 59.7 Å². The normalized spacial score (nSPS) is 15.1. The van der Waals surface area contributed by atoms with Gasteiger partial charge in [-0.2, -0.15) is 0 Å². The van der Waals surface area contributed by atoms with Gasteiger partial charge in [0, 0.05) is 37.8 Å². The summed E-state index contributed by atoms with van der Waals surface area (Å²) in [6, 6.07) is 14.4. The molecule has 1 heterocycles. The van der Waals surface area contributed by atoms with Gasteiger partial charge >= 0.3 is 5.97 Å². The van der Waals surface area contributed by atoms with Gasteiger partial charge in [-0.15, -0.1) is 0 Å². The van der Waals surface area contributed by atoms with Crippen molar-refractivity contribution in [1.29, 1.82) is 0 Å². The summed E-state index contributed by atoms with van der Waals surface area (Å²) >= 11 is 0. The molecule has 0 aliphatic carbocycles. The molecule has 136 valence electrons. The summed E-state index contributed by atoms with van der Waals surface area (Å²) in [5.41, 5.74) is 2.97. The first-order valence-corrected chi connectivity index (χ1v) is 8.62. The number of anilines is 1. The highest BCUT2D eigenvalue weighted by Gasteiger charge is 2.26. The van der Waals surface area contributed by atoms with Crippen LogP contribution in [0.5, 0.6) is 5.75 Å². The molecule has 1 amide bonds. The van der Waals surface area contributed by atoms with E-state index in [9.17, 15) is 19.8 Å². The third kappa shape index (κ3) is 4.61. The maximum atomic E-state index is 12.2. The van der Waals surface area contributed by atoms with Crippen molar-refractivity contribution >= 4 is 17.6 Å². The van der Waals surface area contributed by atoms with Crippen LogP contribution in [0.15, 0.2) is 48.5 Å². The highest BCUT2D eigenvalue weighted by Crippen LogP contribution is 2.21. The predicted molar refractivity (Wildman–Crippen MR) is 97.9 cm³/mol. The van der Waals surface area contributed by atoms with Gasteiger partial charge in [0.25, 0.3) is 0 Å². The van der Waals surface area contributed by atoms with Crippen LogP contribution >= 0.6 is 0 Å². The van der Waals surface area contributed by atoms with Crippen molar-refractivity contribution in [3.63, 3.8) is 0 Å². The Kier molecular flexibility index (Phi) is 5.53. The predicted octanol–water partition coefficient (Wildman–Crippen LogP) is 2.48. The molecule has 0 saturated heterocycles. The lowest BCUT2D eigenvalue weighted by Crippen LogP contribution is -2.38. The Labute approximate surface area is 152 Å². The van der Waals surface area contributed by atoms with E-state index in [2.05, 4.69) is 22.3 Å². The minimum atomic E-state index is -0.977. The molecule has 2 aromatic carbocycles. The molecule has 1 atom stereocenters. The molecule has 1 aliphatic heterocycles. The van der Waals surface area contributed by atoms with E-state index < -0.39 is 11.9 Å². The van der Waals surface area contributed by atoms with Crippen LogP contribution in [0.4, 0.5) is 5.69 Å². The van der Waals surface area contributed by atoms with Crippen LogP contribution in [0.3, 0.4) is 0 Å². The summed E-state index contributed by atoms with van der Waals surface area (Å²) in [5, 5.41) is 21.6. The molecule has 2 aromatic rings. The summed E-state index contributed by atoms with van der Waals surface area (Å²) in [4.78, 5) is 25.9. The van der Waals surface area contributed by atoms with Crippen molar-refractivity contribution in [1.82, 2.24) is 4.90 Å². The highest BCUT2D eigenvalue weighted by atomic mass is 16.4. The summed E-state index contributed by atoms with van der Waals surface area (Å²) < 4.78 is 0. The topological polar surface area (TPSA) is 89.9 Å². The summed E-state index contributed by atoms with van der Waals surface area (Å²) in [5.74, 6) is -2.09. The number of nitrogens with zero attached hydrogens (tertiary/aromatic N) is 1. The molecule has 0 bridgehead atoms. The van der Waals surface area contributed by atoms with E-state index in [0.717, 1.165) is 13.0 Å². The van der Waals surface area contributed by atoms with Crippen molar-refractivity contribution in [2.24, 2.45) is 5.92 Å². The number of benzene rings is 2. The molecular weight excluding hydrogens is 332 g/mol. The zero-order valence-corrected chi connectivity index (χ0v) is 14.4. The van der Waals surface area contributed by atoms with Crippen LogP contribution in [0.1, 0.15) is 17.5 Å². The van der Waals surface area contributed by atoms with Crippen molar-refractivity contribution in [3.8, 4) is 5.75 Å². The number of carboxylic acid groups (broad SMARTS) is 1. The van der Waals surface area contributed by atoms with E-state index in [1.54, 1.807) is 12.1 Å². The number of hydrogen-bond acceptors (Lipinski definition) is 4. The number of phenolic OH excluding ortho intramolecular Hbond substituents is 1. The fourth-order valence-electron chi connectivity index (χ4n) is 3.27. The second-order valence-electron chi connectivity index (χ2n) is 6.59. The number of phenols is 1. The maximum absolute atomic E-state index is 12.2. The molecule has 3 rings (SSSR count). The zero-order valence-electron chi connectivity index (χ0n) is 14.4. The minimum absolute atomic E-state index is 0.0459. The zero-order chi connectivity index (χ0) is 18.5. The molecule has 0 aromatic heterocycles. The maximum Gasteiger partial charge on any atom is 0.308 e. The number of carbonyl (C=O) groups is 2. The number of hydrogen-bond donors (Lipinski definition) is 3. The second-order valence-corrected chi connectivity index (χ2v) is 6.59. The molecule has 0 radical (unpaired) electrons. The van der Waals surface area contributed by atoms with Crippen LogP contribution in [-0.2, 0) is 22.6 Å². The van der Waals surface area contributed by atoms with Gasteiger partial charge in [-0.25, -0.2) is 0 Å². The van der Waals surface area contributed by atoms with Crippen molar-refractivity contribution < 1.29 is 19.8 Å². The fraction of sp³-hybridized carbons (Fsp3) is 0.300. The Hall–Kier alpha value is -2.86. The lowest BCUT2D eigenvalue weighted by Gasteiger charge is -2.30. The van der Waals surface area contributed by atoms with E-state index in [0.29, 0.717) is 18.8 Å². The van der Waals surface area contributed by atoms with Gasteiger partial charge in [-0.1, -0.05) is 30.3 Å². The molecule has 1 aliphatic rings. The molecule has 3 N–H and O–H groups in total. The minimum Gasteiger partial charge on any atom is -0.508 e. The molecule has 6 heteroatoms. The lowest BCUT2D eigenvalue weighted by molar-refractivity contribution is -0.144. The van der Waals surface area contributed by atoms with Gasteiger partial charge in [0.05, 0.1) is 5.92 Å². The Bertz CT molecular complexity index is 806. The Morgan fingerprint density at radius 3 is 2.62 bits per heavy atom. The fourth-order valence-corrected chi connectivity index (χ4v) is 3.27. The van der Waals surface area contributed by atoms with Gasteiger partial charge in [0.2, 0.25) is 5.91 Å². The number of nitrogens with one attached hydrogen (secondary N) is 1. The van der Waals surface area contributed by atoms with Crippen LogP contribution in [0, 0.1) is 5.92 Å². The van der Waals surface area contributed by atoms with Crippen LogP contribution in [0.2, 0.25) is 0 Å². The van der Waals surface area contributed by atoms with Crippen molar-refractivity contribution in [2.45, 2.75) is 19.4 Å². The molecule has 26 heavy (non-hydrogen) atoms. The SMILES string of the molecule is O=C(C[C@@H](CN1CCc2ccccc2C1)C(=O)O)Nc1cccc(O)c1. The van der Waals surface area contributed by atoms with Gasteiger partial charge in [0.1, 0.15) is 5.75 Å². The van der Waals surface area contributed by atoms with E-state index in [1.807, 2.05) is 12.1 Å². The Morgan fingerprint density at radius 2 is 1.88 bits per heavy atom. The van der Waals surface area contributed by atoms with Gasteiger partial charge in [0.15, 0.2) is 0 Å². The molecule has 0 saturated carbocycles. The van der Waals surface area contributed by atoms with Gasteiger partial charge in [-0.3, -0.25) is 14.5 Å². The number of carboxylic acids is 1. The number of rotatable bonds is 6. The van der Waals surface area contributed by atoms with Crippen LogP contribution < -0.4 is 5.32 Å². The number of aliphatic carboxylic acids is 1. The lowest BCUT2D eigenvalue weighted by atomic mass is 9.97. The number of carbonyl (C=O) groups excluding carboxylic acids is 1. The third-order valence-electron chi connectivity index (χ3n) is 4.60. The molecule has 6 nitrogen and oxygen atoms in total. The first-order chi connectivity index (χ1) is 12.5. The monoisotopic (exact) mass is 354 g/mol. The molecule has 0 fully saturated rings. The van der Waals surface area contributed by atoms with E-state index in [-0.39, 0.29) is 18.1 Å². The number of fused-ring (bicyclic) bond motifs is 1. The molecule has 0 unspecified atom stereocenters. The third-order valence-corrected chi connectivity index (χ3v) is 4.60. The van der Waals surface area contributed by atoms with Crippen molar-refractivity contribution in [2.75, 3.05) is 18.4 Å². The number of amides is 1. The Morgan fingerprint density at radius 1 is 1.12 bits per heavy atom. The van der Waals surface area contributed by atoms with Gasteiger partial charge < -0.3 is 15.5 Å². The first kappa shape index (κ1) is 17.9. The Balaban J connectivity index is 1.59. The number of aromatic hydroxyl groups is 1. The quantitative estimate of drug-likeness (QED) is 0.741. The molecule has 0 spiro atoms. The summed E-state index contributed by atoms with van der Waals surface area (Å²) in [6.07, 6.45) is 0.779. The first-order valence-electron chi connectivity index (χ1n) is 8.62.